The van der Waals surface area contributed by atoms with Crippen LogP contribution in [0, 0.1) is 12.1 Å². The van der Waals surface area contributed by atoms with Gasteiger partial charge in [-0.25, -0.2) is 0 Å². The normalized spacial score (nSPS) is 11.9. The molecule has 0 fully saturated rings. The zero-order chi connectivity index (χ0) is 52.0. The van der Waals surface area contributed by atoms with E-state index >= 15 is 0 Å². The number of benzene rings is 9. The van der Waals surface area contributed by atoms with E-state index in [9.17, 15) is 0 Å². The Hall–Kier alpha value is -7.41. The third-order valence-corrected chi connectivity index (χ3v) is 19.5. The number of rotatable bonds is 11. The van der Waals surface area contributed by atoms with Crippen LogP contribution in [0.15, 0.2) is 205 Å². The molecule has 0 amide bonds. The van der Waals surface area contributed by atoms with Crippen molar-refractivity contribution in [1.29, 1.82) is 0 Å². The van der Waals surface area contributed by atoms with Crippen LogP contribution in [0.3, 0.4) is 0 Å². The van der Waals surface area contributed by atoms with Gasteiger partial charge in [-0.05, 0) is 91.8 Å². The number of imidazole rings is 2. The molecule has 12 aromatic rings. The summed E-state index contributed by atoms with van der Waals surface area (Å²) in [6.07, 6.45) is 0. The predicted molar refractivity (Wildman–Crippen MR) is 318 cm³/mol. The van der Waals surface area contributed by atoms with E-state index in [1.807, 2.05) is 36.4 Å². The molecule has 0 atom stereocenters. The zero-order valence-corrected chi connectivity index (χ0v) is 48.3. The summed E-state index contributed by atoms with van der Waals surface area (Å²) >= 11 is 0. The van der Waals surface area contributed by atoms with Crippen LogP contribution in [0.1, 0.15) is 101 Å². The molecular weight excluding hydrogens is 1120 g/mol. The SMILES string of the molecule is CC(C)c1cc([Si](C)(c2ccccc2)c2ccccc2)cc(C(C)C)c1-n1c(-c2[c-]ccc3c2oc2ccccc23)nc2ccccc21.CC(C)c1cccc(C(C)C)c1-n1c(-c2[c-]cccc2)nc2ccccc21.[Ir]. The van der Waals surface area contributed by atoms with Crippen LogP contribution in [-0.4, -0.2) is 27.2 Å². The maximum Gasteiger partial charge on any atom is 0.145 e. The van der Waals surface area contributed by atoms with E-state index in [1.54, 1.807) is 0 Å². The molecule has 0 saturated carbocycles. The molecule has 0 aliphatic rings. The van der Waals surface area contributed by atoms with Crippen LogP contribution in [0.4, 0.5) is 0 Å². The molecule has 0 saturated heterocycles. The van der Waals surface area contributed by atoms with Gasteiger partial charge in [-0.3, -0.25) is 9.97 Å². The van der Waals surface area contributed by atoms with Gasteiger partial charge in [0.05, 0.1) is 39.3 Å². The van der Waals surface area contributed by atoms with Crippen molar-refractivity contribution in [2.24, 2.45) is 0 Å². The quantitative estimate of drug-likeness (QED) is 0.0737. The molecule has 381 valence electrons. The minimum atomic E-state index is -2.37. The standard InChI is InChI=1S/C44H39N2OSi.C25H25N2.Ir/c1-29(2)37-27-33(48(5,31-17-8-6-9-18-31)32-19-10-7-11-20-32)28-38(30(3)4)42(37)46-40-25-14-13-24-39(40)45-44(46)36-23-16-22-35-34-21-12-15-26-41(34)47-43(35)36;1-17(2)20-13-10-14-21(18(3)4)24(20)27-23-16-9-8-15-22(23)26-25(27)19-11-6-5-7-12-19;/h6-22,24-30H,1-5H3;5-11,13-18H,1-4H3;/q2*-1;. The van der Waals surface area contributed by atoms with Gasteiger partial charge in [-0.1, -0.05) is 206 Å². The Balaban J connectivity index is 0.000000199. The number of nitrogens with zero attached hydrogens (tertiary/aromatic N) is 4. The van der Waals surface area contributed by atoms with Crippen molar-refractivity contribution >= 4 is 67.6 Å². The maximum atomic E-state index is 6.56. The molecule has 0 unspecified atom stereocenters. The molecule has 3 heterocycles. The number of hydrogen-bond donors (Lipinski definition) is 0. The first-order valence-corrected chi connectivity index (χ1v) is 29.1. The van der Waals surface area contributed by atoms with Crippen LogP contribution in [0.2, 0.25) is 6.55 Å². The number of fused-ring (bicyclic) bond motifs is 5. The van der Waals surface area contributed by atoms with Crippen molar-refractivity contribution in [3.63, 3.8) is 0 Å². The first-order chi connectivity index (χ1) is 36.4. The fraction of sp³-hybridized carbons (Fsp3) is 0.188. The minimum absolute atomic E-state index is 0. The molecule has 0 bridgehead atoms. The molecule has 9 aromatic carbocycles. The van der Waals surface area contributed by atoms with Crippen molar-refractivity contribution in [3.8, 4) is 34.2 Å². The molecule has 0 aliphatic heterocycles. The van der Waals surface area contributed by atoms with Crippen LogP contribution in [-0.2, 0) is 20.1 Å². The molecule has 0 spiro atoms. The summed E-state index contributed by atoms with van der Waals surface area (Å²) in [5, 5.41) is 6.43. The van der Waals surface area contributed by atoms with Crippen molar-refractivity contribution in [1.82, 2.24) is 19.1 Å². The first-order valence-electron chi connectivity index (χ1n) is 26.6. The number of aromatic nitrogens is 4. The molecule has 3 aromatic heterocycles. The predicted octanol–water partition coefficient (Wildman–Crippen LogP) is 16.5. The van der Waals surface area contributed by atoms with Crippen molar-refractivity contribution < 1.29 is 24.5 Å². The van der Waals surface area contributed by atoms with Crippen molar-refractivity contribution in [3.05, 3.63) is 235 Å². The van der Waals surface area contributed by atoms with Gasteiger partial charge in [0, 0.05) is 36.9 Å². The van der Waals surface area contributed by atoms with E-state index in [1.165, 1.54) is 49.2 Å². The van der Waals surface area contributed by atoms with Crippen molar-refractivity contribution in [2.75, 3.05) is 0 Å². The second-order valence-corrected chi connectivity index (χ2v) is 25.2. The average molecular weight is 1190 g/mol. The van der Waals surface area contributed by atoms with Gasteiger partial charge < -0.3 is 13.6 Å². The maximum absolute atomic E-state index is 6.56. The number of furan rings is 1. The number of para-hydroxylation sites is 6. The van der Waals surface area contributed by atoms with Gasteiger partial charge >= 0.3 is 0 Å². The third-order valence-electron chi connectivity index (χ3n) is 15.1. The summed E-state index contributed by atoms with van der Waals surface area (Å²) in [5.41, 5.74) is 15.6. The van der Waals surface area contributed by atoms with Crippen LogP contribution < -0.4 is 15.6 Å². The second kappa shape index (κ2) is 21.7. The Morgan fingerprint density at radius 2 is 0.921 bits per heavy atom. The monoisotopic (exact) mass is 1190 g/mol. The summed E-state index contributed by atoms with van der Waals surface area (Å²) in [6, 6.07) is 78.3. The van der Waals surface area contributed by atoms with Crippen LogP contribution in [0.25, 0.3) is 78.2 Å². The molecular formula is C69H64IrN4OSi-2. The van der Waals surface area contributed by atoms with Gasteiger partial charge in [-0.2, -0.15) is 0 Å². The summed E-state index contributed by atoms with van der Waals surface area (Å²) in [5.74, 6) is 3.18. The summed E-state index contributed by atoms with van der Waals surface area (Å²) in [4.78, 5) is 10.3. The van der Waals surface area contributed by atoms with E-state index in [-0.39, 0.29) is 31.9 Å². The fourth-order valence-corrected chi connectivity index (χ4v) is 14.8. The van der Waals surface area contributed by atoms with E-state index in [2.05, 4.69) is 247 Å². The molecule has 0 aliphatic carbocycles. The van der Waals surface area contributed by atoms with Gasteiger partial charge in [-0.15, -0.1) is 54.1 Å². The summed E-state index contributed by atoms with van der Waals surface area (Å²) < 4.78 is 11.3. The molecule has 1 radical (unpaired) electrons. The van der Waals surface area contributed by atoms with Crippen LogP contribution in [0.5, 0.6) is 0 Å². The molecule has 0 N–H and O–H groups in total. The fourth-order valence-electron chi connectivity index (χ4n) is 11.2. The smallest absolute Gasteiger partial charge is 0.145 e. The number of hydrogen-bond acceptors (Lipinski definition) is 3. The van der Waals surface area contributed by atoms with Gasteiger partial charge in [0.1, 0.15) is 13.7 Å². The van der Waals surface area contributed by atoms with Gasteiger partial charge in [0.15, 0.2) is 0 Å². The largest absolute Gasteiger partial charge is 0.501 e. The summed E-state index contributed by atoms with van der Waals surface area (Å²) in [7, 11) is -2.37. The average Bonchev–Trinajstić information content (AvgIpc) is 4.17. The second-order valence-electron chi connectivity index (χ2n) is 21.3. The minimum Gasteiger partial charge on any atom is -0.501 e. The zero-order valence-electron chi connectivity index (χ0n) is 44.9. The molecule has 12 rings (SSSR count). The van der Waals surface area contributed by atoms with Crippen LogP contribution >= 0.6 is 0 Å². The third kappa shape index (κ3) is 9.29. The van der Waals surface area contributed by atoms with Gasteiger partial charge in [0.2, 0.25) is 0 Å². The molecule has 5 nitrogen and oxygen atoms in total. The Kier molecular flexibility index (Phi) is 14.8. The van der Waals surface area contributed by atoms with E-state index in [4.69, 9.17) is 14.4 Å². The Morgan fingerprint density at radius 1 is 0.434 bits per heavy atom. The van der Waals surface area contributed by atoms with E-state index in [0.29, 0.717) is 11.8 Å². The van der Waals surface area contributed by atoms with E-state index in [0.717, 1.165) is 66.8 Å². The molecule has 76 heavy (non-hydrogen) atoms. The Bertz CT molecular complexity index is 3890. The first kappa shape index (κ1) is 52.0. The topological polar surface area (TPSA) is 48.8 Å². The Labute approximate surface area is 462 Å². The summed E-state index contributed by atoms with van der Waals surface area (Å²) in [6.45, 7) is 20.8. The molecule has 7 heteroatoms. The van der Waals surface area contributed by atoms with Crippen molar-refractivity contribution in [2.45, 2.75) is 85.6 Å². The Morgan fingerprint density at radius 3 is 1.47 bits per heavy atom. The van der Waals surface area contributed by atoms with E-state index < -0.39 is 8.07 Å². The van der Waals surface area contributed by atoms with Gasteiger partial charge in [0.25, 0.3) is 0 Å².